The molecule has 0 bridgehead atoms. The second kappa shape index (κ2) is 10.6. The number of carbonyl (C=O) groups is 2. The third-order valence-corrected chi connectivity index (χ3v) is 5.60. The molecule has 1 aromatic heterocycles. The summed E-state index contributed by atoms with van der Waals surface area (Å²) in [7, 11) is 0. The number of ether oxygens (including phenoxy) is 2. The Hall–Kier alpha value is -2.84. The summed E-state index contributed by atoms with van der Waals surface area (Å²) in [6.45, 7) is 4.85. The van der Waals surface area contributed by atoms with Gasteiger partial charge in [-0.15, -0.1) is 10.2 Å². The molecule has 0 saturated heterocycles. The molecule has 1 N–H and O–H groups in total. The number of azo groups is 1. The van der Waals surface area contributed by atoms with Crippen LogP contribution in [0.5, 0.6) is 0 Å². The minimum absolute atomic E-state index is 0.00800. The van der Waals surface area contributed by atoms with E-state index >= 15 is 0 Å². The second-order valence-corrected chi connectivity index (χ2v) is 7.90. The lowest BCUT2D eigenvalue weighted by Gasteiger charge is -2.25. The molecular weight excluding hydrogens is 529 g/mol. The Kier molecular flexibility index (Phi) is 8.05. The molecule has 0 saturated carbocycles. The highest BCUT2D eigenvalue weighted by atomic mass is 79.9. The first-order valence-electron chi connectivity index (χ1n) is 10.2. The molecular formula is C20H20BrF3N4O6. The number of alkyl halides is 3. The van der Waals surface area contributed by atoms with Crippen LogP contribution in [0.1, 0.15) is 46.7 Å². The van der Waals surface area contributed by atoms with Crippen molar-refractivity contribution in [2.75, 3.05) is 26.4 Å². The normalized spacial score (nSPS) is 14.9. The van der Waals surface area contributed by atoms with Crippen molar-refractivity contribution in [1.29, 1.82) is 0 Å². The Morgan fingerprint density at radius 3 is 2.41 bits per heavy atom. The first-order chi connectivity index (χ1) is 16.1. The number of H-pyrrole nitrogens is 1. The Bertz CT molecular complexity index is 1160. The lowest BCUT2D eigenvalue weighted by Crippen LogP contribution is -2.42. The van der Waals surface area contributed by atoms with E-state index in [1.807, 2.05) is 6.92 Å². The summed E-state index contributed by atoms with van der Waals surface area (Å²) in [5, 5.41) is 8.51. The van der Waals surface area contributed by atoms with Crippen molar-refractivity contribution in [2.45, 2.75) is 32.5 Å². The zero-order chi connectivity index (χ0) is 25.0. The van der Waals surface area contributed by atoms with E-state index in [9.17, 15) is 27.6 Å². The van der Waals surface area contributed by atoms with Gasteiger partial charge in [0.15, 0.2) is 5.69 Å². The number of amides is 2. The van der Waals surface area contributed by atoms with Crippen LogP contribution in [0.2, 0.25) is 0 Å². The molecule has 2 heterocycles. The smallest absolute Gasteiger partial charge is 0.379 e. The lowest BCUT2D eigenvalue weighted by molar-refractivity contribution is -0.142. The molecule has 2 aromatic rings. The summed E-state index contributed by atoms with van der Waals surface area (Å²) >= 11 is 3.23. The van der Waals surface area contributed by atoms with Crippen LogP contribution in [0.15, 0.2) is 36.2 Å². The van der Waals surface area contributed by atoms with Crippen LogP contribution in [0.3, 0.4) is 0 Å². The van der Waals surface area contributed by atoms with Gasteiger partial charge >= 0.3 is 11.8 Å². The largest absolute Gasteiger partial charge is 0.436 e. The van der Waals surface area contributed by atoms with Crippen molar-refractivity contribution in [2.24, 2.45) is 10.2 Å². The van der Waals surface area contributed by atoms with Gasteiger partial charge in [-0.2, -0.15) is 13.2 Å². The molecule has 0 radical (unpaired) electrons. The minimum Gasteiger partial charge on any atom is -0.379 e. The maximum absolute atomic E-state index is 13.2. The van der Waals surface area contributed by atoms with E-state index < -0.39 is 41.0 Å². The molecule has 3 rings (SSSR count). The Balaban J connectivity index is 1.92. The van der Waals surface area contributed by atoms with Crippen molar-refractivity contribution in [3.8, 4) is 0 Å². The summed E-state index contributed by atoms with van der Waals surface area (Å²) in [6.07, 6.45) is -4.55. The highest BCUT2D eigenvalue weighted by molar-refractivity contribution is 9.10. The first kappa shape index (κ1) is 25.8. The highest BCUT2D eigenvalue weighted by Crippen LogP contribution is 2.39. The lowest BCUT2D eigenvalue weighted by atomic mass is 10.1. The van der Waals surface area contributed by atoms with E-state index in [1.165, 1.54) is 17.3 Å². The molecule has 1 aliphatic heterocycles. The number of nitrogens with zero attached hydrogens (tertiary/aromatic N) is 3. The van der Waals surface area contributed by atoms with Gasteiger partial charge in [0.05, 0.1) is 42.7 Å². The monoisotopic (exact) mass is 548 g/mol. The van der Waals surface area contributed by atoms with Gasteiger partial charge in [0.2, 0.25) is 5.69 Å². The molecule has 0 spiro atoms. The van der Waals surface area contributed by atoms with Gasteiger partial charge < -0.3 is 14.0 Å². The second-order valence-electron chi connectivity index (χ2n) is 7.04. The van der Waals surface area contributed by atoms with Gasteiger partial charge in [-0.05, 0) is 41.4 Å². The van der Waals surface area contributed by atoms with Crippen molar-refractivity contribution in [3.05, 3.63) is 43.8 Å². The molecule has 34 heavy (non-hydrogen) atoms. The number of benzene rings is 1. The molecule has 2 amide bonds. The predicted octanol–water partition coefficient (Wildman–Crippen LogP) is 4.59. The van der Waals surface area contributed by atoms with Crippen LogP contribution < -0.4 is 5.63 Å². The molecule has 184 valence electrons. The standard InChI is InChI=1S/C20H20BrF3N4O6/c1-3-10(9-33-8-7-32-4-2)28-17(29)13-11(21)5-6-12(14(13)18(28)30)25-26-15-16(20(22,23)24)27-34-19(15)31/h5-6,10,27H,3-4,7-9H2,1-2H3. The first-order valence-corrected chi connectivity index (χ1v) is 11.0. The summed E-state index contributed by atoms with van der Waals surface area (Å²) in [6, 6.07) is 2.10. The molecule has 1 aliphatic rings. The Morgan fingerprint density at radius 1 is 1.09 bits per heavy atom. The Morgan fingerprint density at radius 2 is 1.76 bits per heavy atom. The summed E-state index contributed by atoms with van der Waals surface area (Å²) in [4.78, 5) is 39.0. The zero-order valence-electron chi connectivity index (χ0n) is 18.1. The highest BCUT2D eigenvalue weighted by Gasteiger charge is 2.43. The molecule has 10 nitrogen and oxygen atoms in total. The third kappa shape index (κ3) is 5.13. The number of carbonyl (C=O) groups excluding carboxylic acids is 2. The number of hydrogen-bond acceptors (Lipinski definition) is 8. The predicted molar refractivity (Wildman–Crippen MR) is 115 cm³/mol. The SMILES string of the molecule is CCOCCOCC(CC)N1C(=O)c2c(Br)ccc(N=Nc3c(C(F)(F)F)[nH]oc3=O)c2C1=O. The van der Waals surface area contributed by atoms with Crippen LogP contribution in [0, 0.1) is 0 Å². The fourth-order valence-electron chi connectivity index (χ4n) is 3.28. The van der Waals surface area contributed by atoms with Gasteiger partial charge in [-0.3, -0.25) is 14.5 Å². The van der Waals surface area contributed by atoms with Crippen LogP contribution >= 0.6 is 15.9 Å². The molecule has 0 fully saturated rings. The van der Waals surface area contributed by atoms with Crippen molar-refractivity contribution in [3.63, 3.8) is 0 Å². The van der Waals surface area contributed by atoms with E-state index in [-0.39, 0.29) is 30.0 Å². The van der Waals surface area contributed by atoms with Crippen molar-refractivity contribution < 1.29 is 36.8 Å². The zero-order valence-corrected chi connectivity index (χ0v) is 19.7. The number of nitrogens with one attached hydrogen (secondary N) is 1. The number of aromatic nitrogens is 1. The van der Waals surface area contributed by atoms with Gasteiger partial charge in [-0.1, -0.05) is 6.92 Å². The number of hydrogen-bond donors (Lipinski definition) is 1. The number of aromatic amines is 1. The van der Waals surface area contributed by atoms with Crippen LogP contribution in [0.4, 0.5) is 24.5 Å². The van der Waals surface area contributed by atoms with Crippen molar-refractivity contribution in [1.82, 2.24) is 10.1 Å². The fourth-order valence-corrected chi connectivity index (χ4v) is 3.78. The maximum atomic E-state index is 13.2. The molecule has 1 unspecified atom stereocenters. The van der Waals surface area contributed by atoms with Crippen LogP contribution in [-0.2, 0) is 15.7 Å². The number of rotatable bonds is 10. The van der Waals surface area contributed by atoms with Gasteiger partial charge in [0, 0.05) is 11.1 Å². The number of imide groups is 1. The van der Waals surface area contributed by atoms with Crippen molar-refractivity contribution >= 4 is 39.1 Å². The number of fused-ring (bicyclic) bond motifs is 1. The Labute approximate surface area is 199 Å². The summed E-state index contributed by atoms with van der Waals surface area (Å²) in [5.41, 5.74) is -4.35. The average molecular weight is 549 g/mol. The molecule has 1 atom stereocenters. The minimum atomic E-state index is -4.94. The molecule has 14 heteroatoms. The third-order valence-electron chi connectivity index (χ3n) is 4.94. The van der Waals surface area contributed by atoms with Crippen LogP contribution in [-0.4, -0.2) is 54.3 Å². The summed E-state index contributed by atoms with van der Waals surface area (Å²) < 4.78 is 54.4. The quantitative estimate of drug-likeness (QED) is 0.263. The van der Waals surface area contributed by atoms with E-state index in [1.54, 1.807) is 6.92 Å². The topological polar surface area (TPSA) is 127 Å². The van der Waals surface area contributed by atoms with E-state index in [0.717, 1.165) is 4.90 Å². The van der Waals surface area contributed by atoms with Crippen LogP contribution in [0.25, 0.3) is 0 Å². The van der Waals surface area contributed by atoms with E-state index in [0.29, 0.717) is 24.1 Å². The summed E-state index contributed by atoms with van der Waals surface area (Å²) in [5.74, 6) is -1.31. The maximum Gasteiger partial charge on any atom is 0.436 e. The average Bonchev–Trinajstić information content (AvgIpc) is 3.28. The molecule has 0 aliphatic carbocycles. The van der Waals surface area contributed by atoms with Gasteiger partial charge in [-0.25, -0.2) is 9.95 Å². The molecule has 1 aromatic carbocycles. The fraction of sp³-hybridized carbons (Fsp3) is 0.450. The number of halogens is 4. The van der Waals surface area contributed by atoms with E-state index in [4.69, 9.17) is 9.47 Å². The van der Waals surface area contributed by atoms with Gasteiger partial charge in [0.25, 0.3) is 11.8 Å². The van der Waals surface area contributed by atoms with E-state index in [2.05, 4.69) is 30.7 Å². The van der Waals surface area contributed by atoms with Gasteiger partial charge in [0.1, 0.15) is 0 Å².